The van der Waals surface area contributed by atoms with Crippen molar-refractivity contribution in [1.29, 1.82) is 0 Å². The molecule has 0 saturated heterocycles. The van der Waals surface area contributed by atoms with E-state index in [4.69, 9.17) is 28.4 Å². The van der Waals surface area contributed by atoms with Gasteiger partial charge in [-0.2, -0.15) is 0 Å². The van der Waals surface area contributed by atoms with Crippen molar-refractivity contribution in [3.8, 4) is 0 Å². The van der Waals surface area contributed by atoms with Gasteiger partial charge in [0.15, 0.2) is 0 Å². The smallest absolute Gasteiger partial charge is 0.219 e. The van der Waals surface area contributed by atoms with Gasteiger partial charge in [0.05, 0.1) is 79.3 Å². The van der Waals surface area contributed by atoms with Crippen LogP contribution in [0.1, 0.15) is 26.7 Å². The molecule has 0 bridgehead atoms. The van der Waals surface area contributed by atoms with Gasteiger partial charge in [-0.05, 0) is 6.92 Å². The number of rotatable bonds is 22. The van der Waals surface area contributed by atoms with Gasteiger partial charge in [0.2, 0.25) is 5.91 Å². The first-order valence-corrected chi connectivity index (χ1v) is 9.89. The Bertz CT molecular complexity index is 368. The van der Waals surface area contributed by atoms with Crippen molar-refractivity contribution in [3.05, 3.63) is 0 Å². The minimum Gasteiger partial charge on any atom is -0.379 e. The fourth-order valence-corrected chi connectivity index (χ4v) is 1.81. The van der Waals surface area contributed by atoms with Crippen LogP contribution in [0.3, 0.4) is 0 Å². The summed E-state index contributed by atoms with van der Waals surface area (Å²) in [6.45, 7) is 9.80. The highest BCUT2D eigenvalue weighted by Gasteiger charge is 1.96. The number of Topliss-reactive ketones (excluding diaryl/α,β-unsaturated/α-hetero) is 1. The molecule has 0 radical (unpaired) electrons. The molecule has 0 unspecified atom stereocenters. The number of carbonyl (C=O) groups excluding carboxylic acids is 2. The standard InChI is InChI=1S/C19H37NO8/c1-3-19(22)20-5-7-24-9-11-26-13-15-28-17-16-27-14-12-25-10-8-23-6-4-18(2)21/h3-17H2,1-2H3,(H,20,22). The topological polar surface area (TPSA) is 102 Å². The van der Waals surface area contributed by atoms with E-state index in [9.17, 15) is 9.59 Å². The summed E-state index contributed by atoms with van der Waals surface area (Å²) in [4.78, 5) is 21.7. The monoisotopic (exact) mass is 407 g/mol. The molecule has 1 amide bonds. The van der Waals surface area contributed by atoms with Crippen molar-refractivity contribution in [2.24, 2.45) is 0 Å². The molecule has 0 aromatic carbocycles. The highest BCUT2D eigenvalue weighted by atomic mass is 16.6. The lowest BCUT2D eigenvalue weighted by Gasteiger charge is -2.08. The maximum Gasteiger partial charge on any atom is 0.219 e. The summed E-state index contributed by atoms with van der Waals surface area (Å²) in [6, 6.07) is 0. The summed E-state index contributed by atoms with van der Waals surface area (Å²) in [5, 5.41) is 2.73. The zero-order valence-corrected chi connectivity index (χ0v) is 17.4. The van der Waals surface area contributed by atoms with Crippen LogP contribution in [-0.4, -0.2) is 97.5 Å². The van der Waals surface area contributed by atoms with E-state index in [1.807, 2.05) is 6.92 Å². The van der Waals surface area contributed by atoms with Crippen LogP contribution in [-0.2, 0) is 38.0 Å². The van der Waals surface area contributed by atoms with E-state index in [0.29, 0.717) is 98.7 Å². The number of nitrogens with one attached hydrogen (secondary N) is 1. The van der Waals surface area contributed by atoms with E-state index in [-0.39, 0.29) is 11.7 Å². The van der Waals surface area contributed by atoms with Gasteiger partial charge < -0.3 is 33.7 Å². The van der Waals surface area contributed by atoms with Crippen molar-refractivity contribution in [2.75, 3.05) is 85.8 Å². The maximum absolute atomic E-state index is 11.0. The van der Waals surface area contributed by atoms with Crippen LogP contribution in [0.4, 0.5) is 0 Å². The molecule has 0 aliphatic heterocycles. The molecule has 0 rings (SSSR count). The van der Waals surface area contributed by atoms with Crippen molar-refractivity contribution in [3.63, 3.8) is 0 Å². The van der Waals surface area contributed by atoms with E-state index in [1.54, 1.807) is 6.92 Å². The summed E-state index contributed by atoms with van der Waals surface area (Å²) in [7, 11) is 0. The van der Waals surface area contributed by atoms with Crippen molar-refractivity contribution in [1.82, 2.24) is 5.32 Å². The largest absolute Gasteiger partial charge is 0.379 e. The predicted octanol–water partition coefficient (Wildman–Crippen LogP) is 0.591. The Balaban J connectivity index is 3.03. The number of hydrogen-bond donors (Lipinski definition) is 1. The summed E-state index contributed by atoms with van der Waals surface area (Å²) in [6.07, 6.45) is 0.934. The highest BCUT2D eigenvalue weighted by molar-refractivity contribution is 5.75. The number of hydrogen-bond acceptors (Lipinski definition) is 8. The second-order valence-corrected chi connectivity index (χ2v) is 5.83. The minimum atomic E-state index is 0.0283. The van der Waals surface area contributed by atoms with Gasteiger partial charge in [-0.1, -0.05) is 6.92 Å². The number of amides is 1. The van der Waals surface area contributed by atoms with Crippen LogP contribution in [0.5, 0.6) is 0 Å². The van der Waals surface area contributed by atoms with Crippen molar-refractivity contribution < 1.29 is 38.0 Å². The van der Waals surface area contributed by atoms with Crippen LogP contribution in [0, 0.1) is 0 Å². The van der Waals surface area contributed by atoms with Gasteiger partial charge >= 0.3 is 0 Å². The molecule has 0 aromatic rings. The second-order valence-electron chi connectivity index (χ2n) is 5.83. The Morgan fingerprint density at radius 3 is 1.32 bits per heavy atom. The third-order valence-electron chi connectivity index (χ3n) is 3.35. The van der Waals surface area contributed by atoms with Gasteiger partial charge in [-0.25, -0.2) is 0 Å². The van der Waals surface area contributed by atoms with E-state index < -0.39 is 0 Å². The molecule has 0 saturated carbocycles. The normalized spacial score (nSPS) is 10.9. The average molecular weight is 408 g/mol. The first kappa shape index (κ1) is 26.9. The van der Waals surface area contributed by atoms with Crippen LogP contribution >= 0.6 is 0 Å². The Labute approximate surface area is 168 Å². The molecule has 28 heavy (non-hydrogen) atoms. The Morgan fingerprint density at radius 2 is 0.964 bits per heavy atom. The molecule has 9 nitrogen and oxygen atoms in total. The minimum absolute atomic E-state index is 0.0283. The molecular formula is C19H37NO8. The van der Waals surface area contributed by atoms with Crippen LogP contribution in [0.25, 0.3) is 0 Å². The molecule has 0 heterocycles. The molecule has 1 N–H and O–H groups in total. The summed E-state index contributed by atoms with van der Waals surface area (Å²) in [5.74, 6) is 0.156. The summed E-state index contributed by atoms with van der Waals surface area (Å²) in [5.41, 5.74) is 0. The molecule has 0 atom stereocenters. The van der Waals surface area contributed by atoms with Crippen LogP contribution in [0.2, 0.25) is 0 Å². The summed E-state index contributed by atoms with van der Waals surface area (Å²) < 4.78 is 32.0. The Kier molecular flexibility index (Phi) is 21.3. The van der Waals surface area contributed by atoms with Gasteiger partial charge in [-0.3, -0.25) is 9.59 Å². The fourth-order valence-electron chi connectivity index (χ4n) is 1.81. The SMILES string of the molecule is CCC(=O)NCCOCCOCCOCCOCCOCCOCCC(C)=O. The zero-order chi connectivity index (χ0) is 20.7. The molecule has 9 heteroatoms. The third kappa shape index (κ3) is 22.9. The first-order valence-electron chi connectivity index (χ1n) is 9.89. The number of ketones is 1. The van der Waals surface area contributed by atoms with E-state index in [0.717, 1.165) is 0 Å². The van der Waals surface area contributed by atoms with Crippen molar-refractivity contribution >= 4 is 11.7 Å². The number of ether oxygens (including phenoxy) is 6. The Hall–Kier alpha value is -1.10. The lowest BCUT2D eigenvalue weighted by Crippen LogP contribution is -2.26. The molecule has 0 aromatic heterocycles. The van der Waals surface area contributed by atoms with Gasteiger partial charge in [0, 0.05) is 19.4 Å². The van der Waals surface area contributed by atoms with E-state index >= 15 is 0 Å². The summed E-state index contributed by atoms with van der Waals surface area (Å²) >= 11 is 0. The molecule has 0 spiro atoms. The van der Waals surface area contributed by atoms with Crippen molar-refractivity contribution in [2.45, 2.75) is 26.7 Å². The lowest BCUT2D eigenvalue weighted by molar-refractivity contribution is -0.121. The maximum atomic E-state index is 11.0. The predicted molar refractivity (Wildman–Crippen MR) is 104 cm³/mol. The quantitative estimate of drug-likeness (QED) is 0.260. The second kappa shape index (κ2) is 22.2. The molecule has 0 aliphatic rings. The van der Waals surface area contributed by atoms with Crippen LogP contribution < -0.4 is 5.32 Å². The fraction of sp³-hybridized carbons (Fsp3) is 0.895. The molecule has 166 valence electrons. The zero-order valence-electron chi connectivity index (χ0n) is 17.4. The van der Waals surface area contributed by atoms with E-state index in [1.165, 1.54) is 0 Å². The van der Waals surface area contributed by atoms with Gasteiger partial charge in [0.25, 0.3) is 0 Å². The number of carbonyl (C=O) groups is 2. The first-order chi connectivity index (χ1) is 13.7. The van der Waals surface area contributed by atoms with Gasteiger partial charge in [0.1, 0.15) is 5.78 Å². The molecule has 0 fully saturated rings. The lowest BCUT2D eigenvalue weighted by atomic mass is 10.3. The van der Waals surface area contributed by atoms with Crippen LogP contribution in [0.15, 0.2) is 0 Å². The third-order valence-corrected chi connectivity index (χ3v) is 3.35. The molecule has 0 aliphatic carbocycles. The van der Waals surface area contributed by atoms with E-state index in [2.05, 4.69) is 5.32 Å². The molecular weight excluding hydrogens is 370 g/mol. The highest BCUT2D eigenvalue weighted by Crippen LogP contribution is 1.86. The Morgan fingerprint density at radius 1 is 0.607 bits per heavy atom. The average Bonchev–Trinajstić information content (AvgIpc) is 2.68. The van der Waals surface area contributed by atoms with Gasteiger partial charge in [-0.15, -0.1) is 0 Å².